The van der Waals surface area contributed by atoms with Gasteiger partial charge in [0.2, 0.25) is 0 Å². The zero-order valence-electron chi connectivity index (χ0n) is 10.3. The minimum Gasteiger partial charge on any atom is -0.383 e. The molecule has 4 nitrogen and oxygen atoms in total. The Morgan fingerprint density at radius 2 is 1.82 bits per heavy atom. The van der Waals surface area contributed by atoms with Crippen molar-refractivity contribution < 1.29 is 22.6 Å². The van der Waals surface area contributed by atoms with Crippen LogP contribution in [0, 0.1) is 0 Å². The van der Waals surface area contributed by atoms with E-state index < -0.39 is 12.8 Å². The fourth-order valence-electron chi connectivity index (χ4n) is 1.09. The number of nitrogens with one attached hydrogen (secondary N) is 1. The third-order valence-corrected chi connectivity index (χ3v) is 2.04. The molecule has 0 rings (SSSR count). The second-order valence-electron chi connectivity index (χ2n) is 3.71. The number of methoxy groups -OCH3 is 1. The Kier molecular flexibility index (Phi) is 9.43. The lowest BCUT2D eigenvalue weighted by molar-refractivity contribution is -0.173. The van der Waals surface area contributed by atoms with Crippen LogP contribution in [0.1, 0.15) is 0 Å². The molecule has 1 N–H and O–H groups in total. The van der Waals surface area contributed by atoms with Crippen molar-refractivity contribution in [3.8, 4) is 0 Å². The van der Waals surface area contributed by atoms with Crippen molar-refractivity contribution in [2.24, 2.45) is 0 Å². The fourth-order valence-corrected chi connectivity index (χ4v) is 1.09. The molecule has 0 saturated carbocycles. The first-order chi connectivity index (χ1) is 7.95. The smallest absolute Gasteiger partial charge is 0.383 e. The van der Waals surface area contributed by atoms with E-state index in [0.717, 1.165) is 19.6 Å². The van der Waals surface area contributed by atoms with Crippen LogP contribution in [0.4, 0.5) is 13.2 Å². The average Bonchev–Trinajstić information content (AvgIpc) is 2.23. The highest BCUT2D eigenvalue weighted by Gasteiger charge is 2.27. The summed E-state index contributed by atoms with van der Waals surface area (Å²) in [6.07, 6.45) is -4.24. The maximum Gasteiger partial charge on any atom is 0.411 e. The molecule has 0 spiro atoms. The molecule has 0 amide bonds. The Balaban J connectivity index is 3.18. The Hall–Kier alpha value is -0.370. The van der Waals surface area contributed by atoms with Crippen LogP contribution in [-0.4, -0.2) is 71.2 Å². The molecule has 0 saturated heterocycles. The Morgan fingerprint density at radius 1 is 1.12 bits per heavy atom. The van der Waals surface area contributed by atoms with Crippen LogP contribution in [0.2, 0.25) is 0 Å². The number of halogens is 3. The zero-order chi connectivity index (χ0) is 13.1. The van der Waals surface area contributed by atoms with Gasteiger partial charge in [-0.2, -0.15) is 13.2 Å². The molecule has 0 atom stereocenters. The molecule has 17 heavy (non-hydrogen) atoms. The third-order valence-electron chi connectivity index (χ3n) is 2.04. The molecule has 0 heterocycles. The van der Waals surface area contributed by atoms with Crippen LogP contribution in [-0.2, 0) is 9.47 Å². The molecule has 0 aliphatic rings. The second kappa shape index (κ2) is 9.64. The molecular weight excluding hydrogens is 237 g/mol. The Morgan fingerprint density at radius 3 is 2.41 bits per heavy atom. The van der Waals surface area contributed by atoms with E-state index in [1.54, 1.807) is 7.11 Å². The van der Waals surface area contributed by atoms with Gasteiger partial charge in [0.1, 0.15) is 6.61 Å². The number of nitrogens with zero attached hydrogens (tertiary/aromatic N) is 1. The molecule has 7 heteroatoms. The largest absolute Gasteiger partial charge is 0.411 e. The summed E-state index contributed by atoms with van der Waals surface area (Å²) in [7, 11) is 3.60. The van der Waals surface area contributed by atoms with Crippen LogP contribution in [0.15, 0.2) is 0 Å². The summed E-state index contributed by atoms with van der Waals surface area (Å²) in [5, 5.41) is 3.00. The summed E-state index contributed by atoms with van der Waals surface area (Å²) in [5.74, 6) is 0. The van der Waals surface area contributed by atoms with E-state index in [9.17, 15) is 13.2 Å². The molecule has 0 aliphatic heterocycles. The van der Waals surface area contributed by atoms with Gasteiger partial charge in [-0.1, -0.05) is 0 Å². The Bertz CT molecular complexity index is 179. The molecular formula is C10H21F3N2O2. The lowest BCUT2D eigenvalue weighted by atomic mass is 10.5. The number of hydrogen-bond acceptors (Lipinski definition) is 4. The van der Waals surface area contributed by atoms with E-state index in [4.69, 9.17) is 4.74 Å². The SMILES string of the molecule is COCCN(C)CCNCCOCC(F)(F)F. The maximum absolute atomic E-state index is 11.7. The van der Waals surface area contributed by atoms with Crippen molar-refractivity contribution in [1.29, 1.82) is 0 Å². The van der Waals surface area contributed by atoms with Gasteiger partial charge >= 0.3 is 6.18 Å². The molecule has 0 radical (unpaired) electrons. The van der Waals surface area contributed by atoms with Gasteiger partial charge in [0.05, 0.1) is 13.2 Å². The van der Waals surface area contributed by atoms with Gasteiger partial charge in [-0.15, -0.1) is 0 Å². The fraction of sp³-hybridized carbons (Fsp3) is 1.00. The van der Waals surface area contributed by atoms with Gasteiger partial charge in [-0.25, -0.2) is 0 Å². The van der Waals surface area contributed by atoms with Gasteiger partial charge < -0.3 is 19.7 Å². The van der Waals surface area contributed by atoms with Gasteiger partial charge in [0, 0.05) is 33.3 Å². The highest BCUT2D eigenvalue weighted by molar-refractivity contribution is 4.54. The molecule has 0 fully saturated rings. The monoisotopic (exact) mass is 258 g/mol. The number of rotatable bonds is 10. The summed E-state index contributed by atoms with van der Waals surface area (Å²) in [6, 6.07) is 0. The second-order valence-corrected chi connectivity index (χ2v) is 3.71. The molecule has 0 aromatic rings. The lowest BCUT2D eigenvalue weighted by Gasteiger charge is -2.16. The van der Waals surface area contributed by atoms with E-state index in [-0.39, 0.29) is 6.61 Å². The normalized spacial score (nSPS) is 12.4. The molecule has 104 valence electrons. The van der Waals surface area contributed by atoms with Crippen molar-refractivity contribution in [2.75, 3.05) is 60.2 Å². The van der Waals surface area contributed by atoms with Crippen molar-refractivity contribution in [1.82, 2.24) is 10.2 Å². The van der Waals surface area contributed by atoms with Crippen molar-refractivity contribution in [3.05, 3.63) is 0 Å². The maximum atomic E-state index is 11.7. The van der Waals surface area contributed by atoms with Crippen LogP contribution in [0.5, 0.6) is 0 Å². The number of alkyl halides is 3. The molecule has 0 aromatic carbocycles. The molecule has 0 unspecified atom stereocenters. The van der Waals surface area contributed by atoms with E-state index in [2.05, 4.69) is 15.0 Å². The highest BCUT2D eigenvalue weighted by atomic mass is 19.4. The first-order valence-electron chi connectivity index (χ1n) is 5.48. The van der Waals surface area contributed by atoms with Crippen LogP contribution < -0.4 is 5.32 Å². The van der Waals surface area contributed by atoms with E-state index in [1.807, 2.05) is 7.05 Å². The summed E-state index contributed by atoms with van der Waals surface area (Å²) in [4.78, 5) is 2.08. The minimum absolute atomic E-state index is 0.0707. The predicted octanol–water partition coefficient (Wildman–Crippen LogP) is 0.733. The Labute approximate surface area is 100 Å². The standard InChI is InChI=1S/C10H21F3N2O2/c1-15(6-8-16-2)5-3-14-4-7-17-9-10(11,12)13/h14H,3-9H2,1-2H3. The predicted molar refractivity (Wildman–Crippen MR) is 59.1 cm³/mol. The highest BCUT2D eigenvalue weighted by Crippen LogP contribution is 2.13. The molecule has 0 aliphatic carbocycles. The molecule has 0 bridgehead atoms. The van der Waals surface area contributed by atoms with Crippen molar-refractivity contribution >= 4 is 0 Å². The minimum atomic E-state index is -4.24. The van der Waals surface area contributed by atoms with Gasteiger partial charge in [-0.3, -0.25) is 0 Å². The first kappa shape index (κ1) is 16.6. The van der Waals surface area contributed by atoms with Gasteiger partial charge in [-0.05, 0) is 7.05 Å². The lowest BCUT2D eigenvalue weighted by Crippen LogP contribution is -2.33. The van der Waals surface area contributed by atoms with Crippen LogP contribution in [0.3, 0.4) is 0 Å². The zero-order valence-corrected chi connectivity index (χ0v) is 10.3. The van der Waals surface area contributed by atoms with Crippen LogP contribution in [0.25, 0.3) is 0 Å². The quantitative estimate of drug-likeness (QED) is 0.586. The van der Waals surface area contributed by atoms with Crippen molar-refractivity contribution in [3.63, 3.8) is 0 Å². The topological polar surface area (TPSA) is 33.7 Å². The summed E-state index contributed by atoms with van der Waals surface area (Å²) in [6.45, 7) is 2.37. The number of likely N-dealkylation sites (N-methyl/N-ethyl adjacent to an activating group) is 1. The average molecular weight is 258 g/mol. The van der Waals surface area contributed by atoms with Gasteiger partial charge in [0.25, 0.3) is 0 Å². The third kappa shape index (κ3) is 13.6. The van der Waals surface area contributed by atoms with E-state index >= 15 is 0 Å². The summed E-state index contributed by atoms with van der Waals surface area (Å²) in [5.41, 5.74) is 0. The van der Waals surface area contributed by atoms with Gasteiger partial charge in [0.15, 0.2) is 0 Å². The first-order valence-corrected chi connectivity index (χ1v) is 5.48. The summed E-state index contributed by atoms with van der Waals surface area (Å²) >= 11 is 0. The van der Waals surface area contributed by atoms with Crippen LogP contribution >= 0.6 is 0 Å². The number of ether oxygens (including phenoxy) is 2. The van der Waals surface area contributed by atoms with Crippen molar-refractivity contribution in [2.45, 2.75) is 6.18 Å². The molecule has 0 aromatic heterocycles. The van der Waals surface area contributed by atoms with E-state index in [1.165, 1.54) is 0 Å². The van der Waals surface area contributed by atoms with E-state index in [0.29, 0.717) is 13.2 Å². The number of hydrogen-bond donors (Lipinski definition) is 1. The summed E-state index contributed by atoms with van der Waals surface area (Å²) < 4.78 is 44.4.